The Kier molecular flexibility index (Phi) is 7.63. The van der Waals surface area contributed by atoms with Gasteiger partial charge in [0.25, 0.3) is 0 Å². The Morgan fingerprint density at radius 2 is 1.40 bits per heavy atom. The van der Waals surface area contributed by atoms with Gasteiger partial charge in [0, 0.05) is 6.42 Å². The number of hydrogen-bond donors (Lipinski definition) is 0. The Bertz CT molecular complexity index is 679. The van der Waals surface area contributed by atoms with Crippen LogP contribution in [0, 0.1) is 0 Å². The van der Waals surface area contributed by atoms with Crippen LogP contribution in [-0.2, 0) is 4.79 Å². The largest absolute Gasteiger partial charge is 0.494 e. The Balaban J connectivity index is 1.89. The molecule has 0 bridgehead atoms. The summed E-state index contributed by atoms with van der Waals surface area (Å²) in [5.41, 5.74) is 1.44. The highest BCUT2D eigenvalue weighted by Gasteiger charge is 2.03. The topological polar surface area (TPSA) is 60.3 Å². The van der Waals surface area contributed by atoms with Gasteiger partial charge in [-0.3, -0.25) is 4.79 Å². The van der Waals surface area contributed by atoms with Gasteiger partial charge < -0.3 is 9.47 Å². The van der Waals surface area contributed by atoms with Gasteiger partial charge in [0.2, 0.25) is 0 Å². The summed E-state index contributed by atoms with van der Waals surface area (Å²) in [5.74, 6) is 1.13. The summed E-state index contributed by atoms with van der Waals surface area (Å²) in [7, 11) is 0. The summed E-state index contributed by atoms with van der Waals surface area (Å²) >= 11 is 0. The Labute approximate surface area is 148 Å². The van der Waals surface area contributed by atoms with E-state index in [4.69, 9.17) is 9.47 Å². The van der Waals surface area contributed by atoms with Crippen molar-refractivity contribution >= 4 is 17.3 Å². The van der Waals surface area contributed by atoms with E-state index in [-0.39, 0.29) is 5.97 Å². The zero-order valence-electron chi connectivity index (χ0n) is 14.8. The molecule has 0 N–H and O–H groups in total. The molecular weight excluding hydrogens is 316 g/mol. The lowest BCUT2D eigenvalue weighted by atomic mass is 10.3. The summed E-state index contributed by atoms with van der Waals surface area (Å²) < 4.78 is 10.8. The fraction of sp³-hybridized carbons (Fsp3) is 0.350. The first-order valence-corrected chi connectivity index (χ1v) is 8.66. The van der Waals surface area contributed by atoms with E-state index >= 15 is 0 Å². The molecule has 132 valence electrons. The maximum atomic E-state index is 11.4. The minimum absolute atomic E-state index is 0.224. The minimum atomic E-state index is -0.224. The molecule has 0 aliphatic heterocycles. The number of carbonyl (C=O) groups is 1. The fourth-order valence-corrected chi connectivity index (χ4v) is 2.03. The predicted molar refractivity (Wildman–Crippen MR) is 98.0 cm³/mol. The van der Waals surface area contributed by atoms with Crippen molar-refractivity contribution in [2.45, 2.75) is 39.5 Å². The zero-order chi connectivity index (χ0) is 17.9. The van der Waals surface area contributed by atoms with Crippen molar-refractivity contribution in [3.63, 3.8) is 0 Å². The van der Waals surface area contributed by atoms with Crippen molar-refractivity contribution in [1.29, 1.82) is 0 Å². The van der Waals surface area contributed by atoms with Crippen LogP contribution in [0.2, 0.25) is 0 Å². The number of ether oxygens (including phenoxy) is 2. The average molecular weight is 340 g/mol. The van der Waals surface area contributed by atoms with Crippen LogP contribution in [0.25, 0.3) is 0 Å². The molecule has 2 aromatic carbocycles. The molecule has 2 aromatic rings. The van der Waals surface area contributed by atoms with Gasteiger partial charge in [0.1, 0.15) is 11.5 Å². The monoisotopic (exact) mass is 340 g/mol. The normalized spacial score (nSPS) is 10.8. The van der Waals surface area contributed by atoms with Crippen molar-refractivity contribution in [2.75, 3.05) is 6.61 Å². The van der Waals surface area contributed by atoms with Crippen LogP contribution in [0.3, 0.4) is 0 Å². The lowest BCUT2D eigenvalue weighted by Crippen LogP contribution is -2.06. The van der Waals surface area contributed by atoms with Gasteiger partial charge in [-0.2, -0.15) is 10.2 Å². The third-order valence-electron chi connectivity index (χ3n) is 3.41. The number of hydrogen-bond acceptors (Lipinski definition) is 5. The molecule has 0 aromatic heterocycles. The van der Waals surface area contributed by atoms with Crippen LogP contribution >= 0.6 is 0 Å². The van der Waals surface area contributed by atoms with Crippen LogP contribution in [0.15, 0.2) is 58.8 Å². The molecule has 0 saturated carbocycles. The van der Waals surface area contributed by atoms with Crippen LogP contribution in [-0.4, -0.2) is 12.6 Å². The third-order valence-corrected chi connectivity index (χ3v) is 3.41. The summed E-state index contributed by atoms with van der Waals surface area (Å²) in [6.45, 7) is 4.80. The van der Waals surface area contributed by atoms with Crippen molar-refractivity contribution < 1.29 is 14.3 Å². The van der Waals surface area contributed by atoms with E-state index in [1.54, 1.807) is 24.3 Å². The van der Waals surface area contributed by atoms with Crippen LogP contribution < -0.4 is 9.47 Å². The smallest absolute Gasteiger partial charge is 0.311 e. The van der Waals surface area contributed by atoms with E-state index in [2.05, 4.69) is 17.2 Å². The molecule has 0 amide bonds. The van der Waals surface area contributed by atoms with Gasteiger partial charge in [0.15, 0.2) is 0 Å². The van der Waals surface area contributed by atoms with E-state index in [0.717, 1.165) is 37.3 Å². The molecule has 5 nitrogen and oxygen atoms in total. The maximum absolute atomic E-state index is 11.4. The zero-order valence-corrected chi connectivity index (χ0v) is 14.8. The highest BCUT2D eigenvalue weighted by Crippen LogP contribution is 2.23. The van der Waals surface area contributed by atoms with E-state index in [9.17, 15) is 4.79 Å². The highest BCUT2D eigenvalue weighted by molar-refractivity contribution is 5.72. The Morgan fingerprint density at radius 1 is 0.840 bits per heavy atom. The number of carbonyl (C=O) groups excluding carboxylic acids is 1. The van der Waals surface area contributed by atoms with Crippen molar-refractivity contribution in [2.24, 2.45) is 10.2 Å². The van der Waals surface area contributed by atoms with Crippen LogP contribution in [0.1, 0.15) is 39.5 Å². The second-order valence-electron chi connectivity index (χ2n) is 5.61. The lowest BCUT2D eigenvalue weighted by molar-refractivity contribution is -0.134. The van der Waals surface area contributed by atoms with E-state index < -0.39 is 0 Å². The first kappa shape index (κ1) is 18.6. The molecule has 2 rings (SSSR count). The highest BCUT2D eigenvalue weighted by atomic mass is 16.5. The lowest BCUT2D eigenvalue weighted by Gasteiger charge is -2.04. The number of nitrogens with zero attached hydrogens (tertiary/aromatic N) is 2. The van der Waals surface area contributed by atoms with Gasteiger partial charge in [-0.05, 0) is 61.4 Å². The number of unbranched alkanes of at least 4 members (excludes halogenated alkanes) is 1. The molecule has 0 atom stereocenters. The number of benzene rings is 2. The molecule has 0 unspecified atom stereocenters. The molecule has 0 aliphatic carbocycles. The summed E-state index contributed by atoms with van der Waals surface area (Å²) in [6, 6.07) is 14.5. The van der Waals surface area contributed by atoms with Gasteiger partial charge in [-0.15, -0.1) is 0 Å². The Morgan fingerprint density at radius 3 is 1.92 bits per heavy atom. The maximum Gasteiger partial charge on any atom is 0.311 e. The molecule has 0 radical (unpaired) electrons. The molecule has 0 aliphatic rings. The molecule has 0 spiro atoms. The first-order chi connectivity index (χ1) is 12.2. The molecule has 5 heteroatoms. The van der Waals surface area contributed by atoms with Gasteiger partial charge >= 0.3 is 5.97 Å². The van der Waals surface area contributed by atoms with Gasteiger partial charge in [-0.1, -0.05) is 20.3 Å². The molecular formula is C20H24N2O3. The second kappa shape index (κ2) is 10.2. The number of rotatable bonds is 9. The molecule has 0 fully saturated rings. The van der Waals surface area contributed by atoms with Gasteiger partial charge in [-0.25, -0.2) is 0 Å². The summed E-state index contributed by atoms with van der Waals surface area (Å²) in [5, 5.41) is 8.38. The Hall–Kier alpha value is -2.69. The quantitative estimate of drug-likeness (QED) is 0.244. The molecule has 0 saturated heterocycles. The number of esters is 1. The molecule has 0 heterocycles. The first-order valence-electron chi connectivity index (χ1n) is 8.66. The second-order valence-corrected chi connectivity index (χ2v) is 5.61. The van der Waals surface area contributed by atoms with Crippen molar-refractivity contribution in [1.82, 2.24) is 0 Å². The van der Waals surface area contributed by atoms with E-state index in [1.165, 1.54) is 0 Å². The van der Waals surface area contributed by atoms with Crippen LogP contribution in [0.4, 0.5) is 11.4 Å². The average Bonchev–Trinajstić information content (AvgIpc) is 2.63. The van der Waals surface area contributed by atoms with E-state index in [0.29, 0.717) is 17.9 Å². The van der Waals surface area contributed by atoms with Crippen molar-refractivity contribution in [3.05, 3.63) is 48.5 Å². The van der Waals surface area contributed by atoms with Crippen LogP contribution in [0.5, 0.6) is 11.5 Å². The minimum Gasteiger partial charge on any atom is -0.494 e. The summed E-state index contributed by atoms with van der Waals surface area (Å²) in [6.07, 6.45) is 3.35. The van der Waals surface area contributed by atoms with Gasteiger partial charge in [0.05, 0.1) is 18.0 Å². The molecule has 25 heavy (non-hydrogen) atoms. The van der Waals surface area contributed by atoms with Crippen molar-refractivity contribution in [3.8, 4) is 11.5 Å². The fourth-order valence-electron chi connectivity index (χ4n) is 2.03. The predicted octanol–water partition coefficient (Wildman–Crippen LogP) is 5.99. The van der Waals surface area contributed by atoms with E-state index in [1.807, 2.05) is 31.2 Å². The standard InChI is InChI=1S/C20H24N2O3/c1-3-5-15-24-18-11-7-16(8-12-18)21-22-17-9-13-19(14-10-17)25-20(23)6-4-2/h7-14H,3-6,15H2,1-2H3. The third kappa shape index (κ3) is 6.75. The number of azo groups is 1. The SMILES string of the molecule is CCCCOc1ccc(N=Nc2ccc(OC(=O)CCC)cc2)cc1. The summed E-state index contributed by atoms with van der Waals surface area (Å²) in [4.78, 5) is 11.4.